The van der Waals surface area contributed by atoms with Crippen LogP contribution in [-0.2, 0) is 6.54 Å². The van der Waals surface area contributed by atoms with E-state index in [0.717, 1.165) is 0 Å². The molecule has 0 atom stereocenters. The molecule has 0 fully saturated rings. The smallest absolute Gasteiger partial charge is 0.220 e. The van der Waals surface area contributed by atoms with E-state index in [1.54, 1.807) is 0 Å². The largest absolute Gasteiger partial charge is 0.481 e. The molecule has 60 valence electrons. The first kappa shape index (κ1) is 7.94. The zero-order valence-electron chi connectivity index (χ0n) is 6.17. The second kappa shape index (κ2) is 3.30. The van der Waals surface area contributed by atoms with Crippen LogP contribution in [0.3, 0.4) is 0 Å². The van der Waals surface area contributed by atoms with Crippen molar-refractivity contribution in [2.45, 2.75) is 6.54 Å². The molecule has 0 spiro atoms. The molecule has 0 aliphatic carbocycles. The Hall–Kier alpha value is -1.16. The number of pyridine rings is 1. The van der Waals surface area contributed by atoms with Crippen molar-refractivity contribution in [2.24, 2.45) is 5.73 Å². The Morgan fingerprint density at radius 2 is 2.45 bits per heavy atom. The van der Waals surface area contributed by atoms with Gasteiger partial charge in [0.05, 0.1) is 12.7 Å². The van der Waals surface area contributed by atoms with Crippen molar-refractivity contribution in [3.05, 3.63) is 23.6 Å². The van der Waals surface area contributed by atoms with Gasteiger partial charge in [0.2, 0.25) is 5.88 Å². The highest BCUT2D eigenvalue weighted by Crippen LogP contribution is 2.16. The van der Waals surface area contributed by atoms with Crippen molar-refractivity contribution < 1.29 is 9.13 Å². The molecule has 1 aromatic rings. The average Bonchev–Trinajstić information content (AvgIpc) is 2.04. The zero-order valence-corrected chi connectivity index (χ0v) is 6.17. The van der Waals surface area contributed by atoms with Gasteiger partial charge < -0.3 is 10.5 Å². The SMILES string of the molecule is COc1nccc(F)c1CN. The summed E-state index contributed by atoms with van der Waals surface area (Å²) in [6.45, 7) is 0.100. The highest BCUT2D eigenvalue weighted by atomic mass is 19.1. The number of ether oxygens (including phenoxy) is 1. The molecule has 11 heavy (non-hydrogen) atoms. The molecule has 4 heteroatoms. The van der Waals surface area contributed by atoms with E-state index in [4.69, 9.17) is 10.5 Å². The lowest BCUT2D eigenvalue weighted by molar-refractivity contribution is 0.387. The van der Waals surface area contributed by atoms with Crippen molar-refractivity contribution in [1.29, 1.82) is 0 Å². The lowest BCUT2D eigenvalue weighted by Gasteiger charge is -2.04. The minimum Gasteiger partial charge on any atom is -0.481 e. The van der Waals surface area contributed by atoms with E-state index >= 15 is 0 Å². The van der Waals surface area contributed by atoms with Gasteiger partial charge in [-0.1, -0.05) is 0 Å². The van der Waals surface area contributed by atoms with E-state index in [9.17, 15) is 4.39 Å². The highest BCUT2D eigenvalue weighted by Gasteiger charge is 2.06. The van der Waals surface area contributed by atoms with Crippen LogP contribution in [0.15, 0.2) is 12.3 Å². The minimum atomic E-state index is -0.376. The molecule has 1 aromatic heterocycles. The number of nitrogens with two attached hydrogens (primary N) is 1. The zero-order chi connectivity index (χ0) is 8.27. The molecular weight excluding hydrogens is 147 g/mol. The summed E-state index contributed by atoms with van der Waals surface area (Å²) in [6, 6.07) is 1.25. The van der Waals surface area contributed by atoms with Crippen LogP contribution in [0, 0.1) is 5.82 Å². The molecule has 0 bridgehead atoms. The molecule has 0 amide bonds. The van der Waals surface area contributed by atoms with Crippen LogP contribution in [0.1, 0.15) is 5.56 Å². The Labute approximate surface area is 64.0 Å². The topological polar surface area (TPSA) is 48.1 Å². The van der Waals surface area contributed by atoms with Crippen LogP contribution in [0.25, 0.3) is 0 Å². The van der Waals surface area contributed by atoms with Crippen LogP contribution in [0.5, 0.6) is 5.88 Å². The number of nitrogens with zero attached hydrogens (tertiary/aromatic N) is 1. The second-order valence-corrected chi connectivity index (χ2v) is 1.98. The third-order valence-corrected chi connectivity index (χ3v) is 1.36. The van der Waals surface area contributed by atoms with Crippen molar-refractivity contribution in [1.82, 2.24) is 4.98 Å². The standard InChI is InChI=1S/C7H9FN2O/c1-11-7-5(4-9)6(8)2-3-10-7/h2-3H,4,9H2,1H3. The van der Waals surface area contributed by atoms with Gasteiger partial charge in [0.1, 0.15) is 5.82 Å². The van der Waals surface area contributed by atoms with Crippen LogP contribution in [0.2, 0.25) is 0 Å². The van der Waals surface area contributed by atoms with Crippen LogP contribution in [-0.4, -0.2) is 12.1 Å². The molecule has 0 saturated heterocycles. The van der Waals surface area contributed by atoms with E-state index in [-0.39, 0.29) is 18.2 Å². The molecular formula is C7H9FN2O. The first-order chi connectivity index (χ1) is 5.29. The van der Waals surface area contributed by atoms with E-state index < -0.39 is 0 Å². The molecule has 3 nitrogen and oxygen atoms in total. The van der Waals surface area contributed by atoms with Gasteiger partial charge >= 0.3 is 0 Å². The van der Waals surface area contributed by atoms with Crippen molar-refractivity contribution in [3.63, 3.8) is 0 Å². The summed E-state index contributed by atoms with van der Waals surface area (Å²) in [4.78, 5) is 3.79. The molecule has 0 aliphatic heterocycles. The monoisotopic (exact) mass is 156 g/mol. The van der Waals surface area contributed by atoms with Gasteiger partial charge in [-0.15, -0.1) is 0 Å². The van der Waals surface area contributed by atoms with Gasteiger partial charge in [0.25, 0.3) is 0 Å². The van der Waals surface area contributed by atoms with E-state index in [1.807, 2.05) is 0 Å². The normalized spacial score (nSPS) is 9.73. The van der Waals surface area contributed by atoms with Gasteiger partial charge in [0, 0.05) is 12.7 Å². The summed E-state index contributed by atoms with van der Waals surface area (Å²) in [5, 5.41) is 0. The fourth-order valence-electron chi connectivity index (χ4n) is 0.812. The predicted molar refractivity (Wildman–Crippen MR) is 38.6 cm³/mol. The highest BCUT2D eigenvalue weighted by molar-refractivity contribution is 5.26. The number of aromatic nitrogens is 1. The van der Waals surface area contributed by atoms with Crippen LogP contribution in [0.4, 0.5) is 4.39 Å². The molecule has 1 heterocycles. The number of hydrogen-bond acceptors (Lipinski definition) is 3. The van der Waals surface area contributed by atoms with Gasteiger partial charge in [0.15, 0.2) is 0 Å². The third kappa shape index (κ3) is 1.46. The average molecular weight is 156 g/mol. The number of methoxy groups -OCH3 is 1. The summed E-state index contributed by atoms with van der Waals surface area (Å²) in [7, 11) is 1.43. The molecule has 2 N–H and O–H groups in total. The first-order valence-electron chi connectivity index (χ1n) is 3.17. The van der Waals surface area contributed by atoms with Gasteiger partial charge in [-0.25, -0.2) is 9.37 Å². The summed E-state index contributed by atoms with van der Waals surface area (Å²) >= 11 is 0. The molecule has 0 saturated carbocycles. The quantitative estimate of drug-likeness (QED) is 0.685. The van der Waals surface area contributed by atoms with E-state index in [2.05, 4.69) is 4.98 Å². The Bertz CT molecular complexity index is 252. The third-order valence-electron chi connectivity index (χ3n) is 1.36. The Morgan fingerprint density at radius 3 is 2.91 bits per heavy atom. The predicted octanol–water partition coefficient (Wildman–Crippen LogP) is 0.688. The summed E-state index contributed by atoms with van der Waals surface area (Å²) < 4.78 is 17.6. The summed E-state index contributed by atoms with van der Waals surface area (Å²) in [5.74, 6) is -0.119. The molecule has 0 unspecified atom stereocenters. The van der Waals surface area contributed by atoms with Crippen molar-refractivity contribution in [2.75, 3.05) is 7.11 Å². The number of hydrogen-bond donors (Lipinski definition) is 1. The van der Waals surface area contributed by atoms with Crippen molar-refractivity contribution in [3.8, 4) is 5.88 Å². The lowest BCUT2D eigenvalue weighted by Crippen LogP contribution is -2.04. The van der Waals surface area contributed by atoms with E-state index in [0.29, 0.717) is 5.56 Å². The maximum absolute atomic E-state index is 12.8. The maximum Gasteiger partial charge on any atom is 0.220 e. The number of rotatable bonds is 2. The Morgan fingerprint density at radius 1 is 1.73 bits per heavy atom. The fraction of sp³-hybridized carbons (Fsp3) is 0.286. The van der Waals surface area contributed by atoms with Gasteiger partial charge in [-0.3, -0.25) is 0 Å². The molecule has 0 aromatic carbocycles. The van der Waals surface area contributed by atoms with Gasteiger partial charge in [-0.05, 0) is 6.07 Å². The number of halogens is 1. The van der Waals surface area contributed by atoms with Crippen molar-refractivity contribution >= 4 is 0 Å². The first-order valence-corrected chi connectivity index (χ1v) is 3.17. The Balaban J connectivity index is 3.13. The summed E-state index contributed by atoms with van der Waals surface area (Å²) in [5.41, 5.74) is 5.58. The lowest BCUT2D eigenvalue weighted by atomic mass is 10.2. The fourth-order valence-corrected chi connectivity index (χ4v) is 0.812. The van der Waals surface area contributed by atoms with Crippen LogP contribution < -0.4 is 10.5 Å². The molecule has 0 aliphatic rings. The minimum absolute atomic E-state index is 0.100. The van der Waals surface area contributed by atoms with Crippen LogP contribution >= 0.6 is 0 Å². The van der Waals surface area contributed by atoms with Gasteiger partial charge in [-0.2, -0.15) is 0 Å². The van der Waals surface area contributed by atoms with E-state index in [1.165, 1.54) is 19.4 Å². The maximum atomic E-state index is 12.8. The molecule has 0 radical (unpaired) electrons. The summed E-state index contributed by atoms with van der Waals surface area (Å²) in [6.07, 6.45) is 1.34. The molecule has 1 rings (SSSR count). The second-order valence-electron chi connectivity index (χ2n) is 1.98. The Kier molecular flexibility index (Phi) is 2.38.